The van der Waals surface area contributed by atoms with Gasteiger partial charge in [0, 0.05) is 11.6 Å². The predicted molar refractivity (Wildman–Crippen MR) is 103 cm³/mol. The van der Waals surface area contributed by atoms with Crippen molar-refractivity contribution in [2.24, 2.45) is 0 Å². The fraction of sp³-hybridized carbons (Fsp3) is 0.474. The molecule has 2 aromatic rings. The number of urea groups is 1. The van der Waals surface area contributed by atoms with Gasteiger partial charge in [0.1, 0.15) is 0 Å². The molecule has 27 heavy (non-hydrogen) atoms. The molecule has 1 heterocycles. The molecule has 1 fully saturated rings. The number of imide groups is 1. The standard InChI is InChI=1S/C19H24N4O3S/c1-12-8-9-14(10-13(12)2)17-22-23-19(26-17)27-11-16(24)21-18(25)20-15-6-4-3-5-7-15/h8-10,15H,3-7,11H2,1-2H3,(H2,20,21,24,25). The van der Waals surface area contributed by atoms with E-state index in [1.54, 1.807) is 0 Å². The van der Waals surface area contributed by atoms with E-state index in [0.29, 0.717) is 11.1 Å². The van der Waals surface area contributed by atoms with E-state index in [-0.39, 0.29) is 17.7 Å². The SMILES string of the molecule is Cc1ccc(-c2nnc(SCC(=O)NC(=O)NC3CCCCC3)o2)cc1C. The Bertz CT molecular complexity index is 815. The van der Waals surface area contributed by atoms with Crippen molar-refractivity contribution in [1.29, 1.82) is 0 Å². The molecule has 3 rings (SSSR count). The lowest BCUT2D eigenvalue weighted by Gasteiger charge is -2.22. The van der Waals surface area contributed by atoms with Crippen molar-refractivity contribution in [3.63, 3.8) is 0 Å². The molecule has 1 aliphatic rings. The van der Waals surface area contributed by atoms with Crippen molar-refractivity contribution in [2.45, 2.75) is 57.2 Å². The van der Waals surface area contributed by atoms with Crippen LogP contribution in [0, 0.1) is 13.8 Å². The van der Waals surface area contributed by atoms with Crippen LogP contribution < -0.4 is 10.6 Å². The highest BCUT2D eigenvalue weighted by atomic mass is 32.2. The number of aryl methyl sites for hydroxylation is 2. The second kappa shape index (κ2) is 9.03. The maximum absolute atomic E-state index is 11.9. The molecule has 144 valence electrons. The number of aromatic nitrogens is 2. The van der Waals surface area contributed by atoms with E-state index in [2.05, 4.69) is 20.8 Å². The molecule has 0 atom stereocenters. The zero-order valence-corrected chi connectivity index (χ0v) is 16.4. The first-order valence-electron chi connectivity index (χ1n) is 9.15. The lowest BCUT2D eigenvalue weighted by Crippen LogP contribution is -2.45. The van der Waals surface area contributed by atoms with Gasteiger partial charge < -0.3 is 9.73 Å². The van der Waals surface area contributed by atoms with Gasteiger partial charge in [0.25, 0.3) is 5.22 Å². The van der Waals surface area contributed by atoms with Crippen molar-refractivity contribution in [2.75, 3.05) is 5.75 Å². The maximum atomic E-state index is 11.9. The van der Waals surface area contributed by atoms with Crippen LogP contribution in [0.25, 0.3) is 11.5 Å². The molecule has 0 radical (unpaired) electrons. The Balaban J connectivity index is 1.47. The van der Waals surface area contributed by atoms with Crippen molar-refractivity contribution in [3.05, 3.63) is 29.3 Å². The summed E-state index contributed by atoms with van der Waals surface area (Å²) < 4.78 is 5.60. The van der Waals surface area contributed by atoms with Crippen LogP contribution in [-0.4, -0.2) is 33.9 Å². The fourth-order valence-corrected chi connectivity index (χ4v) is 3.58. The second-order valence-corrected chi connectivity index (χ2v) is 7.74. The van der Waals surface area contributed by atoms with Gasteiger partial charge in [0.05, 0.1) is 5.75 Å². The zero-order valence-electron chi connectivity index (χ0n) is 15.6. The van der Waals surface area contributed by atoms with E-state index < -0.39 is 6.03 Å². The third-order valence-corrected chi connectivity index (χ3v) is 5.50. The topological polar surface area (TPSA) is 97.1 Å². The molecule has 8 heteroatoms. The summed E-state index contributed by atoms with van der Waals surface area (Å²) in [5.41, 5.74) is 3.17. The Labute approximate surface area is 162 Å². The van der Waals surface area contributed by atoms with Gasteiger partial charge in [-0.3, -0.25) is 10.1 Å². The lowest BCUT2D eigenvalue weighted by molar-refractivity contribution is -0.117. The summed E-state index contributed by atoms with van der Waals surface area (Å²) in [5, 5.41) is 13.5. The first-order chi connectivity index (χ1) is 13.0. The van der Waals surface area contributed by atoms with E-state index >= 15 is 0 Å². The molecular weight excluding hydrogens is 364 g/mol. The van der Waals surface area contributed by atoms with Crippen molar-refractivity contribution < 1.29 is 14.0 Å². The highest BCUT2D eigenvalue weighted by molar-refractivity contribution is 7.99. The number of hydrogen-bond acceptors (Lipinski definition) is 6. The number of carbonyl (C=O) groups excluding carboxylic acids is 2. The van der Waals surface area contributed by atoms with Gasteiger partial charge in [0.15, 0.2) is 0 Å². The van der Waals surface area contributed by atoms with Crippen LogP contribution in [0.4, 0.5) is 4.79 Å². The minimum atomic E-state index is -0.436. The van der Waals surface area contributed by atoms with Gasteiger partial charge in [-0.25, -0.2) is 4.79 Å². The number of thioether (sulfide) groups is 1. The summed E-state index contributed by atoms with van der Waals surface area (Å²) in [7, 11) is 0. The molecule has 0 spiro atoms. The van der Waals surface area contributed by atoms with E-state index in [4.69, 9.17) is 4.42 Å². The minimum absolute atomic E-state index is 0.0344. The molecule has 1 aliphatic carbocycles. The first-order valence-corrected chi connectivity index (χ1v) is 10.1. The normalized spacial score (nSPS) is 14.7. The molecule has 1 aromatic heterocycles. The third-order valence-electron chi connectivity index (χ3n) is 4.68. The number of nitrogens with zero attached hydrogens (tertiary/aromatic N) is 2. The van der Waals surface area contributed by atoms with Gasteiger partial charge >= 0.3 is 6.03 Å². The number of amides is 3. The molecule has 1 saturated carbocycles. The molecule has 0 unspecified atom stereocenters. The fourth-order valence-electron chi connectivity index (χ4n) is 3.02. The monoisotopic (exact) mass is 388 g/mol. The molecule has 2 N–H and O–H groups in total. The third kappa shape index (κ3) is 5.56. The smallest absolute Gasteiger partial charge is 0.321 e. The number of benzene rings is 1. The Morgan fingerprint density at radius 2 is 1.93 bits per heavy atom. The van der Waals surface area contributed by atoms with E-state index in [0.717, 1.165) is 48.6 Å². The van der Waals surface area contributed by atoms with E-state index in [1.165, 1.54) is 12.0 Å². The number of hydrogen-bond donors (Lipinski definition) is 2. The van der Waals surface area contributed by atoms with Crippen molar-refractivity contribution >= 4 is 23.7 Å². The van der Waals surface area contributed by atoms with Gasteiger partial charge in [-0.2, -0.15) is 0 Å². The number of rotatable bonds is 5. The van der Waals surface area contributed by atoms with Crippen LogP contribution in [0.5, 0.6) is 0 Å². The van der Waals surface area contributed by atoms with Crippen LogP contribution in [0.1, 0.15) is 43.2 Å². The highest BCUT2D eigenvalue weighted by Crippen LogP contribution is 2.24. The maximum Gasteiger partial charge on any atom is 0.321 e. The van der Waals surface area contributed by atoms with Crippen molar-refractivity contribution in [3.8, 4) is 11.5 Å². The molecule has 1 aromatic carbocycles. The Hall–Kier alpha value is -2.35. The second-order valence-electron chi connectivity index (χ2n) is 6.82. The molecule has 3 amide bonds. The number of nitrogens with one attached hydrogen (secondary N) is 2. The quantitative estimate of drug-likeness (QED) is 0.760. The predicted octanol–water partition coefficient (Wildman–Crippen LogP) is 3.60. The van der Waals surface area contributed by atoms with Gasteiger partial charge in [-0.05, 0) is 49.9 Å². The van der Waals surface area contributed by atoms with Gasteiger partial charge in [0.2, 0.25) is 11.8 Å². The summed E-state index contributed by atoms with van der Waals surface area (Å²) in [4.78, 5) is 23.8. The molecule has 7 nitrogen and oxygen atoms in total. The van der Waals surface area contributed by atoms with E-state index in [1.807, 2.05) is 32.0 Å². The van der Waals surface area contributed by atoms with Crippen LogP contribution in [0.2, 0.25) is 0 Å². The largest absolute Gasteiger partial charge is 0.411 e. The Morgan fingerprint density at radius 3 is 2.67 bits per heavy atom. The van der Waals surface area contributed by atoms with Crippen LogP contribution >= 0.6 is 11.8 Å². The van der Waals surface area contributed by atoms with Gasteiger partial charge in [-0.15, -0.1) is 10.2 Å². The van der Waals surface area contributed by atoms with Crippen LogP contribution in [0.3, 0.4) is 0 Å². The Morgan fingerprint density at radius 1 is 1.15 bits per heavy atom. The van der Waals surface area contributed by atoms with Crippen molar-refractivity contribution in [1.82, 2.24) is 20.8 Å². The first kappa shape index (κ1) is 19.4. The zero-order chi connectivity index (χ0) is 19.2. The average Bonchev–Trinajstić information content (AvgIpc) is 3.12. The van der Waals surface area contributed by atoms with Crippen LogP contribution in [0.15, 0.2) is 27.8 Å². The summed E-state index contributed by atoms with van der Waals surface area (Å²) in [5.74, 6) is 0.0578. The summed E-state index contributed by atoms with van der Waals surface area (Å²) in [6.45, 7) is 4.06. The Kier molecular flexibility index (Phi) is 6.49. The van der Waals surface area contributed by atoms with E-state index in [9.17, 15) is 9.59 Å². The highest BCUT2D eigenvalue weighted by Gasteiger charge is 2.17. The number of carbonyl (C=O) groups is 2. The lowest BCUT2D eigenvalue weighted by atomic mass is 9.96. The van der Waals surface area contributed by atoms with Gasteiger partial charge in [-0.1, -0.05) is 37.1 Å². The molecular formula is C19H24N4O3S. The summed E-state index contributed by atoms with van der Waals surface area (Å²) >= 11 is 1.11. The minimum Gasteiger partial charge on any atom is -0.411 e. The summed E-state index contributed by atoms with van der Waals surface area (Å²) in [6, 6.07) is 5.64. The summed E-state index contributed by atoms with van der Waals surface area (Å²) in [6.07, 6.45) is 5.40. The molecule has 0 aliphatic heterocycles. The van der Waals surface area contributed by atoms with Crippen LogP contribution in [-0.2, 0) is 4.79 Å². The molecule has 0 bridgehead atoms. The average molecular weight is 388 g/mol. The molecule has 0 saturated heterocycles.